The molecular formula is C11H16N2O2. The Balaban J connectivity index is 2.24. The molecule has 15 heavy (non-hydrogen) atoms. The summed E-state index contributed by atoms with van der Waals surface area (Å²) in [5, 5.41) is 0. The summed E-state index contributed by atoms with van der Waals surface area (Å²) >= 11 is 0. The van der Waals surface area contributed by atoms with E-state index in [2.05, 4.69) is 0 Å². The van der Waals surface area contributed by atoms with E-state index in [9.17, 15) is 0 Å². The fourth-order valence-electron chi connectivity index (χ4n) is 1.66. The van der Waals surface area contributed by atoms with E-state index in [1.807, 2.05) is 12.1 Å². The Morgan fingerprint density at radius 3 is 2.47 bits per heavy atom. The molecule has 0 radical (unpaired) electrons. The SMILES string of the molecule is NCCCc1cc2c(cc1N)OCCO2. The third kappa shape index (κ3) is 2.15. The molecule has 4 N–H and O–H groups in total. The van der Waals surface area contributed by atoms with Gasteiger partial charge in [0, 0.05) is 11.8 Å². The van der Waals surface area contributed by atoms with Crippen molar-refractivity contribution in [3.8, 4) is 11.5 Å². The van der Waals surface area contributed by atoms with Crippen LogP contribution in [0, 0.1) is 0 Å². The fraction of sp³-hybridized carbons (Fsp3) is 0.455. The molecular weight excluding hydrogens is 192 g/mol. The Hall–Kier alpha value is -1.42. The smallest absolute Gasteiger partial charge is 0.163 e. The van der Waals surface area contributed by atoms with Crippen LogP contribution in [0.3, 0.4) is 0 Å². The predicted octanol–water partition coefficient (Wildman–Crippen LogP) is 0.931. The first-order valence-electron chi connectivity index (χ1n) is 5.19. The van der Waals surface area contributed by atoms with Gasteiger partial charge in [0.15, 0.2) is 11.5 Å². The first-order valence-corrected chi connectivity index (χ1v) is 5.19. The minimum Gasteiger partial charge on any atom is -0.486 e. The minimum absolute atomic E-state index is 0.592. The number of fused-ring (bicyclic) bond motifs is 1. The van der Waals surface area contributed by atoms with Gasteiger partial charge in [0.05, 0.1) is 0 Å². The molecule has 1 heterocycles. The molecule has 0 aliphatic carbocycles. The summed E-state index contributed by atoms with van der Waals surface area (Å²) in [6, 6.07) is 3.79. The van der Waals surface area contributed by atoms with Crippen LogP contribution in [-0.4, -0.2) is 19.8 Å². The van der Waals surface area contributed by atoms with Gasteiger partial charge in [-0.25, -0.2) is 0 Å². The van der Waals surface area contributed by atoms with Crippen LogP contribution in [0.1, 0.15) is 12.0 Å². The van der Waals surface area contributed by atoms with Gasteiger partial charge in [-0.05, 0) is 31.0 Å². The highest BCUT2D eigenvalue weighted by molar-refractivity contribution is 5.58. The van der Waals surface area contributed by atoms with E-state index in [4.69, 9.17) is 20.9 Å². The van der Waals surface area contributed by atoms with Crippen molar-refractivity contribution in [1.82, 2.24) is 0 Å². The highest BCUT2D eigenvalue weighted by atomic mass is 16.6. The molecule has 0 spiro atoms. The molecule has 1 aliphatic rings. The summed E-state index contributed by atoms with van der Waals surface area (Å²) in [4.78, 5) is 0. The third-order valence-corrected chi connectivity index (χ3v) is 2.45. The summed E-state index contributed by atoms with van der Waals surface area (Å²) in [6.07, 6.45) is 1.82. The maximum Gasteiger partial charge on any atom is 0.163 e. The van der Waals surface area contributed by atoms with Crippen molar-refractivity contribution in [2.45, 2.75) is 12.8 Å². The zero-order chi connectivity index (χ0) is 10.7. The van der Waals surface area contributed by atoms with Crippen molar-refractivity contribution in [1.29, 1.82) is 0 Å². The molecule has 1 aromatic carbocycles. The van der Waals surface area contributed by atoms with Crippen molar-refractivity contribution in [2.75, 3.05) is 25.5 Å². The van der Waals surface area contributed by atoms with Crippen LogP contribution in [0.25, 0.3) is 0 Å². The minimum atomic E-state index is 0.592. The second-order valence-electron chi connectivity index (χ2n) is 3.59. The molecule has 2 rings (SSSR count). The molecule has 0 atom stereocenters. The van der Waals surface area contributed by atoms with Gasteiger partial charge >= 0.3 is 0 Å². The first-order chi connectivity index (χ1) is 7.31. The van der Waals surface area contributed by atoms with Crippen molar-refractivity contribution >= 4 is 5.69 Å². The van der Waals surface area contributed by atoms with Crippen LogP contribution in [0.2, 0.25) is 0 Å². The van der Waals surface area contributed by atoms with Gasteiger partial charge in [-0.2, -0.15) is 0 Å². The van der Waals surface area contributed by atoms with Gasteiger partial charge in [0.1, 0.15) is 13.2 Å². The lowest BCUT2D eigenvalue weighted by molar-refractivity contribution is 0.171. The van der Waals surface area contributed by atoms with Gasteiger partial charge in [-0.3, -0.25) is 0 Å². The number of ether oxygens (including phenoxy) is 2. The van der Waals surface area contributed by atoms with E-state index in [1.165, 1.54) is 0 Å². The summed E-state index contributed by atoms with van der Waals surface area (Å²) in [7, 11) is 0. The van der Waals surface area contributed by atoms with Gasteiger partial charge in [0.25, 0.3) is 0 Å². The van der Waals surface area contributed by atoms with Gasteiger partial charge in [0.2, 0.25) is 0 Å². The molecule has 0 bridgehead atoms. The van der Waals surface area contributed by atoms with E-state index >= 15 is 0 Å². The monoisotopic (exact) mass is 208 g/mol. The number of benzene rings is 1. The number of aryl methyl sites for hydroxylation is 1. The number of anilines is 1. The van der Waals surface area contributed by atoms with Crippen LogP contribution in [0.5, 0.6) is 11.5 Å². The lowest BCUT2D eigenvalue weighted by atomic mass is 10.1. The van der Waals surface area contributed by atoms with Crippen molar-refractivity contribution in [3.05, 3.63) is 17.7 Å². The number of rotatable bonds is 3. The Kier molecular flexibility index (Phi) is 2.97. The molecule has 0 saturated carbocycles. The second-order valence-corrected chi connectivity index (χ2v) is 3.59. The van der Waals surface area contributed by atoms with Crippen LogP contribution < -0.4 is 20.9 Å². The molecule has 1 aliphatic heterocycles. The first kappa shape index (κ1) is 10.1. The third-order valence-electron chi connectivity index (χ3n) is 2.45. The van der Waals surface area contributed by atoms with Crippen molar-refractivity contribution in [2.24, 2.45) is 5.73 Å². The van der Waals surface area contributed by atoms with E-state index < -0.39 is 0 Å². The van der Waals surface area contributed by atoms with Gasteiger partial charge in [-0.1, -0.05) is 0 Å². The maximum atomic E-state index is 5.91. The van der Waals surface area contributed by atoms with E-state index in [1.54, 1.807) is 0 Å². The molecule has 0 saturated heterocycles. The summed E-state index contributed by atoms with van der Waals surface area (Å²) in [6.45, 7) is 1.87. The Morgan fingerprint density at radius 1 is 1.13 bits per heavy atom. The van der Waals surface area contributed by atoms with Gasteiger partial charge < -0.3 is 20.9 Å². The molecule has 0 unspecified atom stereocenters. The lowest BCUT2D eigenvalue weighted by Gasteiger charge is -2.20. The molecule has 4 heteroatoms. The largest absolute Gasteiger partial charge is 0.486 e. The van der Waals surface area contributed by atoms with Crippen LogP contribution in [-0.2, 0) is 6.42 Å². The molecule has 1 aromatic rings. The lowest BCUT2D eigenvalue weighted by Crippen LogP contribution is -2.16. The van der Waals surface area contributed by atoms with E-state index in [0.29, 0.717) is 19.8 Å². The standard InChI is InChI=1S/C11H16N2O2/c12-3-1-2-8-6-10-11(7-9(8)13)15-5-4-14-10/h6-7H,1-5,12-13H2. The summed E-state index contributed by atoms with van der Waals surface area (Å²) in [5.41, 5.74) is 13.2. The zero-order valence-electron chi connectivity index (χ0n) is 8.66. The van der Waals surface area contributed by atoms with Gasteiger partial charge in [-0.15, -0.1) is 0 Å². The molecule has 0 fully saturated rings. The Bertz CT molecular complexity index is 353. The second kappa shape index (κ2) is 4.40. The number of hydrogen-bond acceptors (Lipinski definition) is 4. The predicted molar refractivity (Wildman–Crippen MR) is 59.2 cm³/mol. The van der Waals surface area contributed by atoms with Crippen molar-refractivity contribution < 1.29 is 9.47 Å². The van der Waals surface area contributed by atoms with Crippen molar-refractivity contribution in [3.63, 3.8) is 0 Å². The topological polar surface area (TPSA) is 70.5 Å². The number of nitrogen functional groups attached to an aromatic ring is 1. The molecule has 0 amide bonds. The van der Waals surface area contributed by atoms with Crippen LogP contribution in [0.15, 0.2) is 12.1 Å². The van der Waals surface area contributed by atoms with Crippen LogP contribution >= 0.6 is 0 Å². The molecule has 4 nitrogen and oxygen atoms in total. The normalized spacial score (nSPS) is 13.9. The van der Waals surface area contributed by atoms with E-state index in [-0.39, 0.29) is 0 Å². The quantitative estimate of drug-likeness (QED) is 0.725. The zero-order valence-corrected chi connectivity index (χ0v) is 8.66. The average molecular weight is 208 g/mol. The maximum absolute atomic E-state index is 5.91. The average Bonchev–Trinajstić information content (AvgIpc) is 2.26. The Labute approximate surface area is 89.2 Å². The Morgan fingerprint density at radius 2 is 1.80 bits per heavy atom. The highest BCUT2D eigenvalue weighted by Crippen LogP contribution is 2.34. The fourth-order valence-corrected chi connectivity index (χ4v) is 1.66. The number of nitrogens with two attached hydrogens (primary N) is 2. The van der Waals surface area contributed by atoms with Crippen LogP contribution in [0.4, 0.5) is 5.69 Å². The summed E-state index contributed by atoms with van der Waals surface area (Å²) < 4.78 is 10.9. The highest BCUT2D eigenvalue weighted by Gasteiger charge is 2.14. The number of hydrogen-bond donors (Lipinski definition) is 2. The summed E-state index contributed by atoms with van der Waals surface area (Å²) in [5.74, 6) is 1.54. The molecule has 0 aromatic heterocycles. The molecule has 82 valence electrons. The van der Waals surface area contributed by atoms with E-state index in [0.717, 1.165) is 35.6 Å².